The third-order valence-corrected chi connectivity index (χ3v) is 6.02. The zero-order valence-corrected chi connectivity index (χ0v) is 18.8. The molecule has 0 fully saturated rings. The van der Waals surface area contributed by atoms with Gasteiger partial charge in [-0.15, -0.1) is 12.6 Å². The molecular weight excluding hydrogens is 453 g/mol. The van der Waals surface area contributed by atoms with Crippen molar-refractivity contribution < 1.29 is 9.21 Å². The van der Waals surface area contributed by atoms with Gasteiger partial charge in [-0.3, -0.25) is 4.79 Å². The SMILES string of the molecule is CCc1ccc(N2C(S)=C(C#N)C(=O)NC2c2ccc(-c3ccc(Cl)cc3Cl)o2)cc1. The van der Waals surface area contributed by atoms with Crippen molar-refractivity contribution in [2.45, 2.75) is 19.5 Å². The molecule has 1 aliphatic rings. The maximum absolute atomic E-state index is 12.5. The number of nitrogens with zero attached hydrogens (tertiary/aromatic N) is 2. The zero-order valence-electron chi connectivity index (χ0n) is 16.4. The number of nitriles is 1. The molecule has 0 bridgehead atoms. The number of carbonyl (C=O) groups is 1. The standard InChI is InChI=1S/C23H17Cl2N3O2S/c1-2-13-3-6-15(7-4-13)28-21(27-22(29)17(12-26)23(28)31)20-10-9-19(30-20)16-8-5-14(24)11-18(16)25/h3-11,21,31H,2H2,1H3,(H,27,29). The highest BCUT2D eigenvalue weighted by atomic mass is 35.5. The second kappa shape index (κ2) is 8.72. The summed E-state index contributed by atoms with van der Waals surface area (Å²) in [6, 6.07) is 18.4. The highest BCUT2D eigenvalue weighted by molar-refractivity contribution is 7.84. The van der Waals surface area contributed by atoms with Crippen molar-refractivity contribution in [3.05, 3.63) is 86.6 Å². The molecule has 1 amide bonds. The third kappa shape index (κ3) is 4.05. The first kappa shape index (κ1) is 21.4. The average molecular weight is 470 g/mol. The van der Waals surface area contributed by atoms with E-state index in [2.05, 4.69) is 24.9 Å². The quantitative estimate of drug-likeness (QED) is 0.451. The van der Waals surface area contributed by atoms with Gasteiger partial charge in [0, 0.05) is 16.3 Å². The lowest BCUT2D eigenvalue weighted by Crippen LogP contribution is -2.45. The number of rotatable bonds is 4. The average Bonchev–Trinajstić information content (AvgIpc) is 3.23. The number of aryl methyl sites for hydroxylation is 1. The van der Waals surface area contributed by atoms with Crippen LogP contribution in [0, 0.1) is 11.3 Å². The van der Waals surface area contributed by atoms with Crippen LogP contribution in [0.1, 0.15) is 24.4 Å². The first-order valence-electron chi connectivity index (χ1n) is 9.50. The highest BCUT2D eigenvalue weighted by Gasteiger charge is 2.35. The van der Waals surface area contributed by atoms with Crippen LogP contribution in [0.2, 0.25) is 10.0 Å². The van der Waals surface area contributed by atoms with E-state index < -0.39 is 12.1 Å². The first-order chi connectivity index (χ1) is 14.9. The van der Waals surface area contributed by atoms with E-state index in [0.29, 0.717) is 27.1 Å². The molecule has 1 atom stereocenters. The smallest absolute Gasteiger partial charge is 0.266 e. The second-order valence-electron chi connectivity index (χ2n) is 6.90. The van der Waals surface area contributed by atoms with Crippen LogP contribution in [0.3, 0.4) is 0 Å². The number of hydrogen-bond acceptors (Lipinski definition) is 5. The molecule has 0 saturated heterocycles. The maximum Gasteiger partial charge on any atom is 0.266 e. The van der Waals surface area contributed by atoms with E-state index in [1.165, 1.54) is 5.56 Å². The van der Waals surface area contributed by atoms with Crippen molar-refractivity contribution in [2.75, 3.05) is 4.90 Å². The van der Waals surface area contributed by atoms with Gasteiger partial charge in [-0.2, -0.15) is 5.26 Å². The van der Waals surface area contributed by atoms with E-state index in [4.69, 9.17) is 27.6 Å². The first-order valence-corrected chi connectivity index (χ1v) is 10.7. The van der Waals surface area contributed by atoms with E-state index in [9.17, 15) is 10.1 Å². The molecule has 2 aromatic carbocycles. The summed E-state index contributed by atoms with van der Waals surface area (Å²) in [6.07, 6.45) is 0.209. The van der Waals surface area contributed by atoms with Gasteiger partial charge < -0.3 is 14.6 Å². The van der Waals surface area contributed by atoms with Crippen molar-refractivity contribution in [1.82, 2.24) is 5.32 Å². The molecule has 1 unspecified atom stereocenters. The van der Waals surface area contributed by atoms with Crippen LogP contribution in [0.4, 0.5) is 5.69 Å². The van der Waals surface area contributed by atoms with Gasteiger partial charge in [0.05, 0.1) is 10.1 Å². The minimum Gasteiger partial charge on any atom is -0.457 e. The summed E-state index contributed by atoms with van der Waals surface area (Å²) in [7, 11) is 0. The van der Waals surface area contributed by atoms with Crippen LogP contribution >= 0.6 is 35.8 Å². The summed E-state index contributed by atoms with van der Waals surface area (Å²) in [6.45, 7) is 2.07. The van der Waals surface area contributed by atoms with Gasteiger partial charge in [0.25, 0.3) is 5.91 Å². The predicted molar refractivity (Wildman–Crippen MR) is 125 cm³/mol. The summed E-state index contributed by atoms with van der Waals surface area (Å²) in [5.74, 6) is 0.488. The second-order valence-corrected chi connectivity index (χ2v) is 8.17. The Morgan fingerprint density at radius 2 is 1.90 bits per heavy atom. The van der Waals surface area contributed by atoms with E-state index in [1.54, 1.807) is 35.2 Å². The Morgan fingerprint density at radius 3 is 2.55 bits per heavy atom. The summed E-state index contributed by atoms with van der Waals surface area (Å²) >= 11 is 16.8. The molecule has 1 N–H and O–H groups in total. The van der Waals surface area contributed by atoms with Gasteiger partial charge in [-0.05, 0) is 54.4 Å². The Morgan fingerprint density at radius 1 is 1.16 bits per heavy atom. The van der Waals surface area contributed by atoms with Crippen molar-refractivity contribution in [1.29, 1.82) is 5.26 Å². The van der Waals surface area contributed by atoms with Crippen LogP contribution in [0.5, 0.6) is 0 Å². The summed E-state index contributed by atoms with van der Waals surface area (Å²) < 4.78 is 6.07. The van der Waals surface area contributed by atoms with Gasteiger partial charge >= 0.3 is 0 Å². The Bertz CT molecular complexity index is 1230. The summed E-state index contributed by atoms with van der Waals surface area (Å²) in [4.78, 5) is 14.3. The van der Waals surface area contributed by atoms with Crippen molar-refractivity contribution >= 4 is 47.4 Å². The van der Waals surface area contributed by atoms with Gasteiger partial charge in [-0.25, -0.2) is 0 Å². The monoisotopic (exact) mass is 469 g/mol. The van der Waals surface area contributed by atoms with E-state index in [0.717, 1.165) is 12.1 Å². The number of thiol groups is 1. The van der Waals surface area contributed by atoms with Crippen molar-refractivity contribution in [3.8, 4) is 17.4 Å². The lowest BCUT2D eigenvalue weighted by molar-refractivity contribution is -0.118. The summed E-state index contributed by atoms with van der Waals surface area (Å²) in [5.41, 5.74) is 2.55. The van der Waals surface area contributed by atoms with Crippen LogP contribution in [0.15, 0.2) is 69.6 Å². The molecule has 5 nitrogen and oxygen atoms in total. The normalized spacial score (nSPS) is 16.3. The number of hydrogen-bond donors (Lipinski definition) is 2. The molecule has 0 spiro atoms. The van der Waals surface area contributed by atoms with Gasteiger partial charge in [0.2, 0.25) is 0 Å². The molecule has 2 heterocycles. The number of anilines is 1. The molecule has 0 aliphatic carbocycles. The lowest BCUT2D eigenvalue weighted by atomic mass is 10.1. The minimum atomic E-state index is -0.690. The molecule has 1 aliphatic heterocycles. The fourth-order valence-corrected chi connectivity index (χ4v) is 4.29. The number of benzene rings is 2. The molecule has 31 heavy (non-hydrogen) atoms. The maximum atomic E-state index is 12.5. The van der Waals surface area contributed by atoms with Crippen molar-refractivity contribution in [2.24, 2.45) is 0 Å². The summed E-state index contributed by atoms with van der Waals surface area (Å²) in [5, 5.41) is 13.5. The Balaban J connectivity index is 1.78. The number of amides is 1. The van der Waals surface area contributed by atoms with E-state index >= 15 is 0 Å². The van der Waals surface area contributed by atoms with Crippen molar-refractivity contribution in [3.63, 3.8) is 0 Å². The number of halogens is 2. The molecule has 156 valence electrons. The molecule has 4 rings (SSSR count). The Kier molecular flexibility index (Phi) is 6.01. The molecule has 0 radical (unpaired) electrons. The van der Waals surface area contributed by atoms with Crippen LogP contribution in [-0.2, 0) is 11.2 Å². The van der Waals surface area contributed by atoms with E-state index in [-0.39, 0.29) is 10.6 Å². The zero-order chi connectivity index (χ0) is 22.1. The molecular formula is C23H17Cl2N3O2S. The topological polar surface area (TPSA) is 69.3 Å². The molecule has 0 saturated carbocycles. The predicted octanol–water partition coefficient (Wildman–Crippen LogP) is 6.12. The Hall–Kier alpha value is -2.85. The van der Waals surface area contributed by atoms with E-state index in [1.807, 2.05) is 30.3 Å². The van der Waals surface area contributed by atoms with Gasteiger partial charge in [0.15, 0.2) is 6.17 Å². The van der Waals surface area contributed by atoms with Gasteiger partial charge in [0.1, 0.15) is 23.2 Å². The fraction of sp³-hybridized carbons (Fsp3) is 0.130. The largest absolute Gasteiger partial charge is 0.457 e. The van der Waals surface area contributed by atoms with Gasteiger partial charge in [-0.1, -0.05) is 42.3 Å². The minimum absolute atomic E-state index is 0.0633. The molecule has 1 aromatic heterocycles. The number of nitrogens with one attached hydrogen (secondary N) is 1. The lowest BCUT2D eigenvalue weighted by Gasteiger charge is -2.36. The highest BCUT2D eigenvalue weighted by Crippen LogP contribution is 2.38. The molecule has 8 heteroatoms. The number of furan rings is 1. The third-order valence-electron chi connectivity index (χ3n) is 5.03. The molecule has 3 aromatic rings. The van der Waals surface area contributed by atoms with Crippen LogP contribution < -0.4 is 10.2 Å². The fourth-order valence-electron chi connectivity index (χ4n) is 3.40. The van der Waals surface area contributed by atoms with Crippen LogP contribution in [0.25, 0.3) is 11.3 Å². The Labute approximate surface area is 195 Å². The van der Waals surface area contributed by atoms with Crippen LogP contribution in [-0.4, -0.2) is 5.91 Å². The number of carbonyl (C=O) groups excluding carboxylic acids is 1.